The summed E-state index contributed by atoms with van der Waals surface area (Å²) >= 11 is 0. The highest BCUT2D eigenvalue weighted by Gasteiger charge is 2.21. The topological polar surface area (TPSA) is 76.3 Å². The second-order valence-corrected chi connectivity index (χ2v) is 6.59. The van der Waals surface area contributed by atoms with Gasteiger partial charge in [0.2, 0.25) is 5.91 Å². The first-order valence-electron chi connectivity index (χ1n) is 8.73. The van der Waals surface area contributed by atoms with Crippen molar-refractivity contribution >= 4 is 16.9 Å². The standard InChI is InChI=1S/C18H25N3O3/c1-2-20-15-8-3-4-9-16(15)21(18(20)24)12-17(23)19-11-13-6-5-7-14(22)10-13/h3-4,8-9,13-14,22H,2,5-7,10-12H2,1H3,(H,19,23). The average molecular weight is 331 g/mol. The Kier molecular flexibility index (Phi) is 5.04. The Morgan fingerprint density at radius 1 is 1.25 bits per heavy atom. The Morgan fingerprint density at radius 3 is 2.62 bits per heavy atom. The maximum Gasteiger partial charge on any atom is 0.329 e. The van der Waals surface area contributed by atoms with E-state index in [2.05, 4.69) is 5.32 Å². The molecule has 0 saturated heterocycles. The fraction of sp³-hybridized carbons (Fsp3) is 0.556. The van der Waals surface area contributed by atoms with Crippen molar-refractivity contribution in [1.82, 2.24) is 14.5 Å². The number of para-hydroxylation sites is 2. The summed E-state index contributed by atoms with van der Waals surface area (Å²) in [6.45, 7) is 3.10. The maximum absolute atomic E-state index is 12.5. The van der Waals surface area contributed by atoms with Crippen LogP contribution in [0.3, 0.4) is 0 Å². The Hall–Kier alpha value is -2.08. The molecule has 2 unspecified atom stereocenters. The van der Waals surface area contributed by atoms with Gasteiger partial charge in [0.15, 0.2) is 0 Å². The molecule has 1 saturated carbocycles. The van der Waals surface area contributed by atoms with Crippen LogP contribution >= 0.6 is 0 Å². The molecule has 1 aliphatic rings. The van der Waals surface area contributed by atoms with Crippen LogP contribution < -0.4 is 11.0 Å². The number of hydrogen-bond donors (Lipinski definition) is 2. The number of imidazole rings is 1. The number of aliphatic hydroxyl groups excluding tert-OH is 1. The number of aromatic nitrogens is 2. The minimum atomic E-state index is -0.245. The third kappa shape index (κ3) is 3.38. The lowest BCUT2D eigenvalue weighted by molar-refractivity contribution is -0.122. The Morgan fingerprint density at radius 2 is 1.96 bits per heavy atom. The van der Waals surface area contributed by atoms with Crippen LogP contribution in [-0.4, -0.2) is 32.8 Å². The summed E-state index contributed by atoms with van der Waals surface area (Å²) in [5.74, 6) is 0.169. The summed E-state index contributed by atoms with van der Waals surface area (Å²) in [6.07, 6.45) is 3.40. The molecule has 0 spiro atoms. The summed E-state index contributed by atoms with van der Waals surface area (Å²) in [7, 11) is 0. The van der Waals surface area contributed by atoms with Gasteiger partial charge in [-0.3, -0.25) is 13.9 Å². The lowest BCUT2D eigenvalue weighted by Gasteiger charge is -2.25. The first-order valence-corrected chi connectivity index (χ1v) is 8.73. The predicted octanol–water partition coefficient (Wildman–Crippen LogP) is 1.49. The number of fused-ring (bicyclic) bond motifs is 1. The Labute approximate surface area is 141 Å². The van der Waals surface area contributed by atoms with Crippen molar-refractivity contribution in [3.05, 3.63) is 34.7 Å². The number of rotatable bonds is 5. The molecule has 6 nitrogen and oxygen atoms in total. The zero-order valence-electron chi connectivity index (χ0n) is 14.1. The lowest BCUT2D eigenvalue weighted by Crippen LogP contribution is -2.37. The maximum atomic E-state index is 12.5. The number of amides is 1. The van der Waals surface area contributed by atoms with Crippen LogP contribution in [0, 0.1) is 5.92 Å². The minimum absolute atomic E-state index is 0.0294. The lowest BCUT2D eigenvalue weighted by atomic mass is 9.87. The van der Waals surface area contributed by atoms with E-state index in [1.165, 1.54) is 4.57 Å². The molecule has 1 heterocycles. The third-order valence-electron chi connectivity index (χ3n) is 4.89. The van der Waals surface area contributed by atoms with E-state index in [0.29, 0.717) is 19.0 Å². The van der Waals surface area contributed by atoms with Gasteiger partial charge in [-0.1, -0.05) is 18.6 Å². The zero-order chi connectivity index (χ0) is 17.1. The van der Waals surface area contributed by atoms with E-state index in [4.69, 9.17) is 0 Å². The highest BCUT2D eigenvalue weighted by molar-refractivity contribution is 5.80. The monoisotopic (exact) mass is 331 g/mol. The molecular formula is C18H25N3O3. The number of carbonyl (C=O) groups is 1. The molecule has 1 aromatic carbocycles. The predicted molar refractivity (Wildman–Crippen MR) is 92.8 cm³/mol. The van der Waals surface area contributed by atoms with Gasteiger partial charge in [0.05, 0.1) is 17.1 Å². The number of benzene rings is 1. The highest BCUT2D eigenvalue weighted by atomic mass is 16.3. The van der Waals surface area contributed by atoms with E-state index in [-0.39, 0.29) is 24.2 Å². The second-order valence-electron chi connectivity index (χ2n) is 6.59. The molecule has 3 rings (SSSR count). The molecule has 1 aliphatic carbocycles. The second kappa shape index (κ2) is 7.21. The number of hydrogen-bond acceptors (Lipinski definition) is 3. The molecular weight excluding hydrogens is 306 g/mol. The molecule has 0 radical (unpaired) electrons. The summed E-state index contributed by atoms with van der Waals surface area (Å²) in [5, 5.41) is 12.6. The van der Waals surface area contributed by atoms with E-state index in [1.807, 2.05) is 31.2 Å². The molecule has 6 heteroatoms. The van der Waals surface area contributed by atoms with E-state index < -0.39 is 0 Å². The van der Waals surface area contributed by atoms with Crippen LogP contribution in [0.5, 0.6) is 0 Å². The molecule has 0 aliphatic heterocycles. The van der Waals surface area contributed by atoms with Gasteiger partial charge in [-0.2, -0.15) is 0 Å². The van der Waals surface area contributed by atoms with E-state index in [0.717, 1.165) is 36.7 Å². The summed E-state index contributed by atoms with van der Waals surface area (Å²) in [5.41, 5.74) is 1.49. The number of carbonyl (C=O) groups excluding carboxylic acids is 1. The van der Waals surface area contributed by atoms with Gasteiger partial charge < -0.3 is 10.4 Å². The number of nitrogens with zero attached hydrogens (tertiary/aromatic N) is 2. The van der Waals surface area contributed by atoms with Gasteiger partial charge in [-0.15, -0.1) is 0 Å². The average Bonchev–Trinajstić information content (AvgIpc) is 2.85. The molecule has 1 fully saturated rings. The molecule has 2 N–H and O–H groups in total. The minimum Gasteiger partial charge on any atom is -0.393 e. The van der Waals surface area contributed by atoms with Gasteiger partial charge in [-0.25, -0.2) is 4.79 Å². The number of nitrogens with one attached hydrogen (secondary N) is 1. The van der Waals surface area contributed by atoms with Crippen molar-refractivity contribution in [3.63, 3.8) is 0 Å². The molecule has 24 heavy (non-hydrogen) atoms. The fourth-order valence-corrected chi connectivity index (χ4v) is 3.64. The first-order chi connectivity index (χ1) is 11.6. The van der Waals surface area contributed by atoms with Crippen molar-refractivity contribution in [2.75, 3.05) is 6.54 Å². The van der Waals surface area contributed by atoms with Crippen LogP contribution in [0.1, 0.15) is 32.6 Å². The van der Waals surface area contributed by atoms with Gasteiger partial charge in [0, 0.05) is 13.1 Å². The van der Waals surface area contributed by atoms with Crippen molar-refractivity contribution in [2.24, 2.45) is 5.92 Å². The first kappa shape index (κ1) is 16.8. The van der Waals surface area contributed by atoms with Crippen LogP contribution in [0.15, 0.2) is 29.1 Å². The van der Waals surface area contributed by atoms with Crippen molar-refractivity contribution in [2.45, 2.75) is 51.8 Å². The smallest absolute Gasteiger partial charge is 0.329 e. The Bertz CT molecular complexity index is 777. The normalized spacial score (nSPS) is 21.1. The van der Waals surface area contributed by atoms with E-state index >= 15 is 0 Å². The number of aliphatic hydroxyl groups is 1. The molecule has 1 amide bonds. The molecule has 130 valence electrons. The van der Waals surface area contributed by atoms with Crippen LogP contribution in [-0.2, 0) is 17.9 Å². The van der Waals surface area contributed by atoms with Gasteiger partial charge in [-0.05, 0) is 44.2 Å². The molecule has 0 bridgehead atoms. The van der Waals surface area contributed by atoms with Crippen molar-refractivity contribution < 1.29 is 9.90 Å². The summed E-state index contributed by atoms with van der Waals surface area (Å²) in [6, 6.07) is 7.54. The van der Waals surface area contributed by atoms with E-state index in [1.54, 1.807) is 4.57 Å². The molecule has 2 aromatic rings. The van der Waals surface area contributed by atoms with Crippen LogP contribution in [0.2, 0.25) is 0 Å². The summed E-state index contributed by atoms with van der Waals surface area (Å²) < 4.78 is 3.21. The van der Waals surface area contributed by atoms with Crippen molar-refractivity contribution in [1.29, 1.82) is 0 Å². The van der Waals surface area contributed by atoms with Gasteiger partial charge >= 0.3 is 5.69 Å². The van der Waals surface area contributed by atoms with Gasteiger partial charge in [0.25, 0.3) is 0 Å². The number of aryl methyl sites for hydroxylation is 1. The van der Waals surface area contributed by atoms with Crippen molar-refractivity contribution in [3.8, 4) is 0 Å². The van der Waals surface area contributed by atoms with Gasteiger partial charge in [0.1, 0.15) is 6.54 Å². The SMILES string of the molecule is CCn1c(=O)n(CC(=O)NCC2CCCC(O)C2)c2ccccc21. The Balaban J connectivity index is 1.69. The highest BCUT2D eigenvalue weighted by Crippen LogP contribution is 2.23. The largest absolute Gasteiger partial charge is 0.393 e. The third-order valence-corrected chi connectivity index (χ3v) is 4.89. The quantitative estimate of drug-likeness (QED) is 0.871. The fourth-order valence-electron chi connectivity index (χ4n) is 3.64. The van der Waals surface area contributed by atoms with Crippen LogP contribution in [0.4, 0.5) is 0 Å². The van der Waals surface area contributed by atoms with Crippen LogP contribution in [0.25, 0.3) is 11.0 Å². The zero-order valence-corrected chi connectivity index (χ0v) is 14.1. The van der Waals surface area contributed by atoms with E-state index in [9.17, 15) is 14.7 Å². The molecule has 2 atom stereocenters. The summed E-state index contributed by atoms with van der Waals surface area (Å²) in [4.78, 5) is 24.8. The molecule has 1 aromatic heterocycles.